The number of carbonyl (C=O) groups excluding carboxylic acids is 1. The SMILES string of the molecule is Cn1cc(-c2ccc(C[C@H](N)C(=O)O)cc2)c(NC(=O)c2cccnc2)n1. The van der Waals surface area contributed by atoms with Crippen LogP contribution < -0.4 is 11.1 Å². The highest BCUT2D eigenvalue weighted by molar-refractivity contribution is 6.05. The van der Waals surface area contributed by atoms with E-state index < -0.39 is 12.0 Å². The van der Waals surface area contributed by atoms with Gasteiger partial charge in [0.1, 0.15) is 6.04 Å². The normalized spacial score (nSPS) is 11.8. The van der Waals surface area contributed by atoms with Gasteiger partial charge in [-0.2, -0.15) is 5.10 Å². The van der Waals surface area contributed by atoms with Gasteiger partial charge in [0.15, 0.2) is 5.82 Å². The van der Waals surface area contributed by atoms with Crippen molar-refractivity contribution in [2.45, 2.75) is 12.5 Å². The predicted octanol–water partition coefficient (Wildman–Crippen LogP) is 1.69. The number of nitrogens with zero attached hydrogens (tertiary/aromatic N) is 3. The molecule has 0 spiro atoms. The van der Waals surface area contributed by atoms with Gasteiger partial charge < -0.3 is 16.2 Å². The number of rotatable bonds is 6. The van der Waals surface area contributed by atoms with Gasteiger partial charge in [-0.3, -0.25) is 19.3 Å². The van der Waals surface area contributed by atoms with E-state index in [4.69, 9.17) is 10.8 Å². The maximum atomic E-state index is 12.4. The molecule has 2 aromatic heterocycles. The van der Waals surface area contributed by atoms with Crippen LogP contribution >= 0.6 is 0 Å². The van der Waals surface area contributed by atoms with Crippen LogP contribution in [0, 0.1) is 0 Å². The van der Waals surface area contributed by atoms with E-state index in [2.05, 4.69) is 15.4 Å². The number of benzene rings is 1. The number of aliphatic carboxylic acids is 1. The van der Waals surface area contributed by atoms with Crippen LogP contribution in [0.15, 0.2) is 55.0 Å². The molecule has 0 saturated carbocycles. The van der Waals surface area contributed by atoms with Crippen LogP contribution in [-0.2, 0) is 18.3 Å². The molecule has 2 heterocycles. The fourth-order valence-electron chi connectivity index (χ4n) is 2.63. The molecule has 0 aliphatic rings. The summed E-state index contributed by atoms with van der Waals surface area (Å²) in [5.74, 6) is -0.903. The van der Waals surface area contributed by atoms with Crippen molar-refractivity contribution in [1.82, 2.24) is 14.8 Å². The van der Waals surface area contributed by atoms with Crippen molar-refractivity contribution in [2.24, 2.45) is 12.8 Å². The molecule has 8 nitrogen and oxygen atoms in total. The summed E-state index contributed by atoms with van der Waals surface area (Å²) in [7, 11) is 1.77. The minimum atomic E-state index is -1.04. The summed E-state index contributed by atoms with van der Waals surface area (Å²) in [6.07, 6.45) is 5.13. The lowest BCUT2D eigenvalue weighted by Gasteiger charge is -2.08. The Bertz CT molecular complexity index is 951. The number of carboxylic acid groups (broad SMARTS) is 1. The lowest BCUT2D eigenvalue weighted by Crippen LogP contribution is -2.32. The molecule has 0 radical (unpaired) electrons. The number of hydrogen-bond donors (Lipinski definition) is 3. The second kappa shape index (κ2) is 7.79. The molecule has 0 bridgehead atoms. The number of hydrogen-bond acceptors (Lipinski definition) is 5. The minimum absolute atomic E-state index is 0.243. The lowest BCUT2D eigenvalue weighted by atomic mass is 10.0. The summed E-state index contributed by atoms with van der Waals surface area (Å²) < 4.78 is 1.61. The monoisotopic (exact) mass is 365 g/mol. The van der Waals surface area contributed by atoms with E-state index in [1.165, 1.54) is 6.20 Å². The molecule has 4 N–H and O–H groups in total. The van der Waals surface area contributed by atoms with Crippen LogP contribution in [0.3, 0.4) is 0 Å². The lowest BCUT2D eigenvalue weighted by molar-refractivity contribution is -0.138. The zero-order valence-electron chi connectivity index (χ0n) is 14.7. The quantitative estimate of drug-likeness (QED) is 0.611. The minimum Gasteiger partial charge on any atom is -0.480 e. The Hall–Kier alpha value is -3.52. The third-order valence-corrected chi connectivity index (χ3v) is 4.02. The number of nitrogens with one attached hydrogen (secondary N) is 1. The average molecular weight is 365 g/mol. The van der Waals surface area contributed by atoms with E-state index in [0.717, 1.165) is 16.7 Å². The Labute approximate surface area is 155 Å². The standard InChI is InChI=1S/C19H19N5O3/c1-24-11-15(13-6-4-12(5-7-13)9-16(20)19(26)27)17(23-24)22-18(25)14-3-2-8-21-10-14/h2-8,10-11,16H,9,20H2,1H3,(H,26,27)(H,22,23,25)/t16-/m0/s1. The van der Waals surface area contributed by atoms with Gasteiger partial charge in [0.25, 0.3) is 5.91 Å². The molecule has 0 aliphatic heterocycles. The molecule has 0 saturated heterocycles. The first kappa shape index (κ1) is 18.3. The Morgan fingerprint density at radius 3 is 2.63 bits per heavy atom. The van der Waals surface area contributed by atoms with Crippen LogP contribution in [0.4, 0.5) is 5.82 Å². The zero-order valence-corrected chi connectivity index (χ0v) is 14.7. The van der Waals surface area contributed by atoms with E-state index >= 15 is 0 Å². The van der Waals surface area contributed by atoms with E-state index in [1.807, 2.05) is 24.3 Å². The molecule has 3 aromatic rings. The van der Waals surface area contributed by atoms with Crippen molar-refractivity contribution in [3.8, 4) is 11.1 Å². The number of anilines is 1. The highest BCUT2D eigenvalue weighted by Gasteiger charge is 2.15. The maximum Gasteiger partial charge on any atom is 0.320 e. The topological polar surface area (TPSA) is 123 Å². The molecule has 138 valence electrons. The first-order valence-electron chi connectivity index (χ1n) is 8.27. The molecule has 8 heteroatoms. The Kier molecular flexibility index (Phi) is 5.28. The summed E-state index contributed by atoms with van der Waals surface area (Å²) >= 11 is 0. The fourth-order valence-corrected chi connectivity index (χ4v) is 2.63. The van der Waals surface area contributed by atoms with Crippen molar-refractivity contribution >= 4 is 17.7 Å². The first-order valence-corrected chi connectivity index (χ1v) is 8.27. The second-order valence-electron chi connectivity index (χ2n) is 6.11. The Balaban J connectivity index is 1.81. The van der Waals surface area contributed by atoms with Gasteiger partial charge >= 0.3 is 5.97 Å². The summed E-state index contributed by atoms with van der Waals surface area (Å²) in [6, 6.07) is 9.75. The molecule has 27 heavy (non-hydrogen) atoms. The van der Waals surface area contributed by atoms with E-state index in [0.29, 0.717) is 11.4 Å². The summed E-state index contributed by atoms with van der Waals surface area (Å²) in [4.78, 5) is 27.2. The smallest absolute Gasteiger partial charge is 0.320 e. The summed E-state index contributed by atoms with van der Waals surface area (Å²) in [5.41, 5.74) is 8.42. The van der Waals surface area contributed by atoms with Gasteiger partial charge in [-0.05, 0) is 29.7 Å². The predicted molar refractivity (Wildman–Crippen MR) is 100 cm³/mol. The molecule has 0 fully saturated rings. The fraction of sp³-hybridized carbons (Fsp3) is 0.158. The van der Waals surface area contributed by atoms with Crippen molar-refractivity contribution in [3.63, 3.8) is 0 Å². The van der Waals surface area contributed by atoms with Crippen LogP contribution in [0.25, 0.3) is 11.1 Å². The number of aryl methyl sites for hydroxylation is 1. The number of carboxylic acids is 1. The first-order chi connectivity index (χ1) is 12.9. The molecular weight excluding hydrogens is 346 g/mol. The Morgan fingerprint density at radius 2 is 2.00 bits per heavy atom. The number of carbonyl (C=O) groups is 2. The number of nitrogens with two attached hydrogens (primary N) is 1. The maximum absolute atomic E-state index is 12.4. The number of aromatic nitrogens is 3. The van der Waals surface area contributed by atoms with E-state index in [1.54, 1.807) is 36.3 Å². The summed E-state index contributed by atoms with van der Waals surface area (Å²) in [5, 5.41) is 16.0. The zero-order chi connectivity index (χ0) is 19.4. The van der Waals surface area contributed by atoms with Gasteiger partial charge in [-0.15, -0.1) is 0 Å². The number of pyridine rings is 1. The third kappa shape index (κ3) is 4.36. The van der Waals surface area contributed by atoms with E-state index in [9.17, 15) is 9.59 Å². The highest BCUT2D eigenvalue weighted by atomic mass is 16.4. The molecule has 3 rings (SSSR count). The van der Waals surface area contributed by atoms with Crippen molar-refractivity contribution in [2.75, 3.05) is 5.32 Å². The number of amides is 1. The summed E-state index contributed by atoms with van der Waals surface area (Å²) in [6.45, 7) is 0. The average Bonchev–Trinajstić information content (AvgIpc) is 3.03. The van der Waals surface area contributed by atoms with Gasteiger partial charge in [0.05, 0.1) is 5.56 Å². The van der Waals surface area contributed by atoms with Crippen LogP contribution in [0.2, 0.25) is 0 Å². The molecule has 1 atom stereocenters. The molecule has 0 unspecified atom stereocenters. The van der Waals surface area contributed by atoms with Gasteiger partial charge in [-0.1, -0.05) is 24.3 Å². The van der Waals surface area contributed by atoms with Crippen LogP contribution in [0.5, 0.6) is 0 Å². The van der Waals surface area contributed by atoms with E-state index in [-0.39, 0.29) is 12.3 Å². The molecular formula is C19H19N5O3. The van der Waals surface area contributed by atoms with Crippen molar-refractivity contribution in [1.29, 1.82) is 0 Å². The van der Waals surface area contributed by atoms with Gasteiger partial charge in [0, 0.05) is 31.2 Å². The molecule has 1 amide bonds. The highest BCUT2D eigenvalue weighted by Crippen LogP contribution is 2.27. The molecule has 1 aromatic carbocycles. The largest absolute Gasteiger partial charge is 0.480 e. The van der Waals surface area contributed by atoms with Crippen molar-refractivity contribution in [3.05, 3.63) is 66.1 Å². The van der Waals surface area contributed by atoms with Gasteiger partial charge in [0.2, 0.25) is 0 Å². The van der Waals surface area contributed by atoms with Crippen molar-refractivity contribution < 1.29 is 14.7 Å². The third-order valence-electron chi connectivity index (χ3n) is 4.02. The van der Waals surface area contributed by atoms with Crippen LogP contribution in [-0.4, -0.2) is 37.8 Å². The second-order valence-corrected chi connectivity index (χ2v) is 6.11. The van der Waals surface area contributed by atoms with Crippen LogP contribution in [0.1, 0.15) is 15.9 Å². The van der Waals surface area contributed by atoms with Gasteiger partial charge in [-0.25, -0.2) is 0 Å². The Morgan fingerprint density at radius 1 is 1.26 bits per heavy atom. The molecule has 0 aliphatic carbocycles.